The highest BCUT2D eigenvalue weighted by Gasteiger charge is 2.10. The van der Waals surface area contributed by atoms with Crippen LogP contribution in [0, 0.1) is 19.3 Å². The number of halogens is 1. The van der Waals surface area contributed by atoms with Crippen LogP contribution in [0.1, 0.15) is 27.2 Å². The zero-order chi connectivity index (χ0) is 22.5. The molecule has 4 rings (SSSR count). The maximum atomic E-state index is 14.6. The minimum absolute atomic E-state index is 0.0768. The van der Waals surface area contributed by atoms with Crippen LogP contribution in [0.25, 0.3) is 16.1 Å². The van der Waals surface area contributed by atoms with Crippen molar-refractivity contribution in [1.82, 2.24) is 20.1 Å². The molecular weight excluding hydrogens is 405 g/mol. The lowest BCUT2D eigenvalue weighted by Gasteiger charge is -2.08. The van der Waals surface area contributed by atoms with Gasteiger partial charge in [0.2, 0.25) is 0 Å². The number of amides is 1. The summed E-state index contributed by atoms with van der Waals surface area (Å²) in [6.45, 7) is 9.55. The van der Waals surface area contributed by atoms with Crippen molar-refractivity contribution in [1.29, 1.82) is 0 Å². The summed E-state index contributed by atoms with van der Waals surface area (Å²) in [5, 5.41) is 7.25. The summed E-state index contributed by atoms with van der Waals surface area (Å²) in [5.74, 6) is -0.737. The molecule has 4 aromatic rings. The van der Waals surface area contributed by atoms with Gasteiger partial charge in [-0.2, -0.15) is 5.10 Å². The van der Waals surface area contributed by atoms with Crippen LogP contribution in [0.5, 0.6) is 0 Å². The Labute approximate surface area is 185 Å². The molecular formula is C25H20FN5O. The Bertz CT molecular complexity index is 1310. The van der Waals surface area contributed by atoms with E-state index in [2.05, 4.69) is 20.2 Å². The molecule has 0 radical (unpaired) electrons. The minimum atomic E-state index is -0.387. The number of pyridine rings is 1. The van der Waals surface area contributed by atoms with Gasteiger partial charge in [0, 0.05) is 24.5 Å². The van der Waals surface area contributed by atoms with E-state index in [1.54, 1.807) is 35.0 Å². The number of carbonyl (C=O) groups is 1. The van der Waals surface area contributed by atoms with Crippen molar-refractivity contribution < 1.29 is 9.18 Å². The Morgan fingerprint density at radius 3 is 2.75 bits per heavy atom. The zero-order valence-electron chi connectivity index (χ0n) is 17.4. The van der Waals surface area contributed by atoms with Gasteiger partial charge in [-0.1, -0.05) is 36.4 Å². The Kier molecular flexibility index (Phi) is 6.04. The molecule has 0 saturated heterocycles. The largest absolute Gasteiger partial charge is 0.347 e. The number of rotatable bonds is 6. The summed E-state index contributed by atoms with van der Waals surface area (Å²) in [5.41, 5.74) is 4.70. The Balaban J connectivity index is 1.41. The van der Waals surface area contributed by atoms with Gasteiger partial charge in [0.25, 0.3) is 5.91 Å². The van der Waals surface area contributed by atoms with Crippen molar-refractivity contribution in [2.75, 3.05) is 0 Å². The lowest BCUT2D eigenvalue weighted by Crippen LogP contribution is -2.24. The molecule has 0 fully saturated rings. The molecule has 2 aromatic carbocycles. The number of aryl methyl sites for hydroxylation is 1. The van der Waals surface area contributed by atoms with Gasteiger partial charge < -0.3 is 5.32 Å². The third kappa shape index (κ3) is 4.71. The van der Waals surface area contributed by atoms with Crippen LogP contribution >= 0.6 is 0 Å². The fourth-order valence-electron chi connectivity index (χ4n) is 3.33. The Hall–Kier alpha value is -4.31. The first kappa shape index (κ1) is 20.9. The topological polar surface area (TPSA) is 64.2 Å². The molecule has 1 amide bonds. The van der Waals surface area contributed by atoms with Gasteiger partial charge in [0.1, 0.15) is 11.5 Å². The summed E-state index contributed by atoms with van der Waals surface area (Å²) < 4.78 is 16.3. The maximum absolute atomic E-state index is 14.6. The van der Waals surface area contributed by atoms with E-state index in [0.717, 1.165) is 22.4 Å². The van der Waals surface area contributed by atoms with Crippen LogP contribution < -0.4 is 5.32 Å². The molecule has 0 bridgehead atoms. The third-order valence-corrected chi connectivity index (χ3v) is 5.05. The molecule has 0 spiro atoms. The first-order valence-corrected chi connectivity index (χ1v) is 10.0. The predicted octanol–water partition coefficient (Wildman–Crippen LogP) is 4.92. The molecule has 32 heavy (non-hydrogen) atoms. The highest BCUT2D eigenvalue weighted by molar-refractivity contribution is 5.92. The number of benzene rings is 2. The van der Waals surface area contributed by atoms with E-state index in [0.29, 0.717) is 17.8 Å². The molecule has 0 atom stereocenters. The number of aromatic nitrogens is 3. The lowest BCUT2D eigenvalue weighted by molar-refractivity contribution is 0.0945. The van der Waals surface area contributed by atoms with Gasteiger partial charge in [-0.15, -0.1) is 0 Å². The van der Waals surface area contributed by atoms with Crippen molar-refractivity contribution in [3.63, 3.8) is 0 Å². The third-order valence-electron chi connectivity index (χ3n) is 5.05. The molecule has 2 aromatic heterocycles. The normalized spacial score (nSPS) is 10.5. The summed E-state index contributed by atoms with van der Waals surface area (Å²) in [7, 11) is 0. The maximum Gasteiger partial charge on any atom is 0.270 e. The molecule has 0 unspecified atom stereocenters. The molecule has 6 nitrogen and oxygen atoms in total. The second-order valence-corrected chi connectivity index (χ2v) is 7.34. The summed E-state index contributed by atoms with van der Waals surface area (Å²) in [6, 6.07) is 17.5. The van der Waals surface area contributed by atoms with Gasteiger partial charge in [-0.25, -0.2) is 9.24 Å². The fraction of sp³-hybridized carbons (Fsp3) is 0.120. The molecule has 1 N–H and O–H groups in total. The first-order chi connectivity index (χ1) is 15.5. The predicted molar refractivity (Wildman–Crippen MR) is 120 cm³/mol. The van der Waals surface area contributed by atoms with E-state index in [1.807, 2.05) is 37.4 Å². The van der Waals surface area contributed by atoms with E-state index in [1.165, 1.54) is 12.3 Å². The average molecular weight is 425 g/mol. The molecule has 2 heterocycles. The van der Waals surface area contributed by atoms with E-state index in [-0.39, 0.29) is 24.0 Å². The monoisotopic (exact) mass is 425 g/mol. The standard InChI is InChI=1S/C25H20FN5O/c1-17-13-19(8-9-22(17)27-2)23-10-12-31(30-23)16-18-6-7-20(21(26)14-18)15-29-25(32)24-5-3-4-11-28-24/h3-14H,15-16H2,1H3,(H,29,32). The van der Waals surface area contributed by atoms with Crippen molar-refractivity contribution in [3.8, 4) is 11.3 Å². The van der Waals surface area contributed by atoms with Gasteiger partial charge >= 0.3 is 0 Å². The van der Waals surface area contributed by atoms with Gasteiger partial charge in [-0.05, 0) is 47.9 Å². The number of hydrogen-bond acceptors (Lipinski definition) is 3. The second kappa shape index (κ2) is 9.23. The SMILES string of the molecule is [C-]#[N+]c1ccc(-c2ccn(Cc3ccc(CNC(=O)c4ccccn4)c(F)c3)n2)cc1C. The van der Waals surface area contributed by atoms with E-state index >= 15 is 0 Å². The van der Waals surface area contributed by atoms with Gasteiger partial charge in [0.05, 0.1) is 18.8 Å². The van der Waals surface area contributed by atoms with Crippen LogP contribution in [-0.4, -0.2) is 20.7 Å². The van der Waals surface area contributed by atoms with E-state index in [9.17, 15) is 9.18 Å². The highest BCUT2D eigenvalue weighted by Crippen LogP contribution is 2.25. The number of carbonyl (C=O) groups excluding carboxylic acids is 1. The van der Waals surface area contributed by atoms with Crippen LogP contribution in [0.2, 0.25) is 0 Å². The van der Waals surface area contributed by atoms with Crippen molar-refractivity contribution in [2.45, 2.75) is 20.0 Å². The smallest absolute Gasteiger partial charge is 0.270 e. The number of hydrogen-bond donors (Lipinski definition) is 1. The minimum Gasteiger partial charge on any atom is -0.347 e. The van der Waals surface area contributed by atoms with Crippen molar-refractivity contribution in [2.24, 2.45) is 0 Å². The van der Waals surface area contributed by atoms with Crippen molar-refractivity contribution in [3.05, 3.63) is 113 Å². The molecule has 0 aliphatic carbocycles. The number of nitrogens with one attached hydrogen (secondary N) is 1. The molecule has 7 heteroatoms. The fourth-order valence-corrected chi connectivity index (χ4v) is 3.33. The quantitative estimate of drug-likeness (QED) is 0.446. The first-order valence-electron chi connectivity index (χ1n) is 10.0. The van der Waals surface area contributed by atoms with Gasteiger partial charge in [-0.3, -0.25) is 14.5 Å². The summed E-state index contributed by atoms with van der Waals surface area (Å²) in [4.78, 5) is 19.6. The number of nitrogens with zero attached hydrogens (tertiary/aromatic N) is 4. The molecule has 0 aliphatic heterocycles. The zero-order valence-corrected chi connectivity index (χ0v) is 17.4. The van der Waals surface area contributed by atoms with E-state index < -0.39 is 0 Å². The second-order valence-electron chi connectivity index (χ2n) is 7.34. The summed E-state index contributed by atoms with van der Waals surface area (Å²) >= 11 is 0. The van der Waals surface area contributed by atoms with Gasteiger partial charge in [0.15, 0.2) is 5.69 Å². The van der Waals surface area contributed by atoms with Crippen LogP contribution in [-0.2, 0) is 13.1 Å². The highest BCUT2D eigenvalue weighted by atomic mass is 19.1. The average Bonchev–Trinajstić information content (AvgIpc) is 3.27. The molecule has 0 saturated carbocycles. The Morgan fingerprint density at radius 1 is 1.16 bits per heavy atom. The molecule has 0 aliphatic rings. The van der Waals surface area contributed by atoms with Crippen LogP contribution in [0.4, 0.5) is 10.1 Å². The van der Waals surface area contributed by atoms with Crippen molar-refractivity contribution >= 4 is 11.6 Å². The van der Waals surface area contributed by atoms with Crippen LogP contribution in [0.15, 0.2) is 73.1 Å². The van der Waals surface area contributed by atoms with E-state index in [4.69, 9.17) is 6.57 Å². The lowest BCUT2D eigenvalue weighted by atomic mass is 10.1. The van der Waals surface area contributed by atoms with Crippen LogP contribution in [0.3, 0.4) is 0 Å². The molecule has 158 valence electrons. The Morgan fingerprint density at radius 2 is 2.03 bits per heavy atom. The summed E-state index contributed by atoms with van der Waals surface area (Å²) in [6.07, 6.45) is 3.38.